The minimum atomic E-state index is 0.818. The van der Waals surface area contributed by atoms with E-state index in [-0.39, 0.29) is 0 Å². The van der Waals surface area contributed by atoms with Crippen LogP contribution in [0.15, 0.2) is 0 Å². The van der Waals surface area contributed by atoms with E-state index < -0.39 is 0 Å². The molecular weight excluding hydrogens is 190 g/mol. The third kappa shape index (κ3) is 10.4. The first-order valence-corrected chi connectivity index (χ1v) is 7.10. The Morgan fingerprint density at radius 2 is 1.93 bits per heavy atom. The molecule has 0 aliphatic rings. The van der Waals surface area contributed by atoms with Crippen molar-refractivity contribution in [1.29, 1.82) is 0 Å². The minimum absolute atomic E-state index is 0.818. The molecule has 86 valence electrons. The van der Waals surface area contributed by atoms with E-state index in [9.17, 15) is 0 Å². The van der Waals surface area contributed by atoms with Crippen LogP contribution in [0.4, 0.5) is 0 Å². The lowest BCUT2D eigenvalue weighted by atomic mass is 10.2. The highest BCUT2D eigenvalue weighted by atomic mass is 32.2. The molecule has 0 radical (unpaired) electrons. The molecule has 0 bridgehead atoms. The van der Waals surface area contributed by atoms with Crippen molar-refractivity contribution >= 4 is 11.8 Å². The maximum atomic E-state index is 3.47. The summed E-state index contributed by atoms with van der Waals surface area (Å²) >= 11 is 2.11. The Balaban J connectivity index is 3.14. The van der Waals surface area contributed by atoms with Gasteiger partial charge >= 0.3 is 0 Å². The highest BCUT2D eigenvalue weighted by Gasteiger charge is 2.01. The Morgan fingerprint density at radius 1 is 1.21 bits per heavy atom. The summed E-state index contributed by atoms with van der Waals surface area (Å²) < 4.78 is 0. The summed E-state index contributed by atoms with van der Waals surface area (Å²) in [7, 11) is 0. The van der Waals surface area contributed by atoms with E-state index in [2.05, 4.69) is 44.8 Å². The van der Waals surface area contributed by atoms with E-state index in [1.54, 1.807) is 0 Å². The Bertz CT molecular complexity index is 115. The molecule has 0 aromatic rings. The van der Waals surface area contributed by atoms with Crippen molar-refractivity contribution in [1.82, 2.24) is 5.32 Å². The van der Waals surface area contributed by atoms with Gasteiger partial charge in [0, 0.05) is 0 Å². The van der Waals surface area contributed by atoms with E-state index in [0.29, 0.717) is 0 Å². The van der Waals surface area contributed by atoms with Gasteiger partial charge in [0.2, 0.25) is 0 Å². The average Bonchev–Trinajstić information content (AvgIpc) is 2.13. The molecule has 0 aromatic heterocycles. The smallest absolute Gasteiger partial charge is 0.00153 e. The number of rotatable bonds is 9. The zero-order chi connectivity index (χ0) is 10.8. The second-order valence-corrected chi connectivity index (χ2v) is 5.72. The molecule has 0 aliphatic carbocycles. The molecule has 0 heterocycles. The number of hydrogen-bond donors (Lipinski definition) is 1. The standard InChI is InChI=1S/C12H27NS/c1-5-7-13-9-12(4)10-14-8-6-11(2)3/h11-13H,5-10H2,1-4H3. The highest BCUT2D eigenvalue weighted by Crippen LogP contribution is 2.12. The zero-order valence-corrected chi connectivity index (χ0v) is 11.1. The van der Waals surface area contributed by atoms with Crippen molar-refractivity contribution in [3.05, 3.63) is 0 Å². The minimum Gasteiger partial charge on any atom is -0.316 e. The summed E-state index contributed by atoms with van der Waals surface area (Å²) in [6.45, 7) is 11.5. The quantitative estimate of drug-likeness (QED) is 0.594. The van der Waals surface area contributed by atoms with Crippen LogP contribution in [0, 0.1) is 11.8 Å². The van der Waals surface area contributed by atoms with Gasteiger partial charge in [-0.15, -0.1) is 0 Å². The first-order valence-electron chi connectivity index (χ1n) is 5.95. The van der Waals surface area contributed by atoms with E-state index in [1.165, 1.54) is 37.4 Å². The van der Waals surface area contributed by atoms with Gasteiger partial charge in [0.1, 0.15) is 0 Å². The van der Waals surface area contributed by atoms with Crippen molar-refractivity contribution in [2.75, 3.05) is 24.6 Å². The fourth-order valence-corrected chi connectivity index (χ4v) is 2.51. The molecule has 1 unspecified atom stereocenters. The van der Waals surface area contributed by atoms with Gasteiger partial charge < -0.3 is 5.32 Å². The van der Waals surface area contributed by atoms with Crippen molar-refractivity contribution in [3.63, 3.8) is 0 Å². The van der Waals surface area contributed by atoms with Gasteiger partial charge in [0.25, 0.3) is 0 Å². The van der Waals surface area contributed by atoms with E-state index in [4.69, 9.17) is 0 Å². The maximum absolute atomic E-state index is 3.47. The Labute approximate surface area is 94.4 Å². The average molecular weight is 217 g/mol. The van der Waals surface area contributed by atoms with Crippen molar-refractivity contribution in [2.45, 2.75) is 40.5 Å². The van der Waals surface area contributed by atoms with Crippen LogP contribution in [-0.2, 0) is 0 Å². The van der Waals surface area contributed by atoms with Crippen LogP contribution in [0.5, 0.6) is 0 Å². The number of hydrogen-bond acceptors (Lipinski definition) is 2. The first kappa shape index (κ1) is 14.3. The molecule has 0 spiro atoms. The zero-order valence-electron chi connectivity index (χ0n) is 10.3. The van der Waals surface area contributed by atoms with Gasteiger partial charge in [-0.25, -0.2) is 0 Å². The first-order chi connectivity index (χ1) is 6.66. The highest BCUT2D eigenvalue weighted by molar-refractivity contribution is 7.99. The molecule has 0 rings (SSSR count). The molecule has 0 aliphatic heterocycles. The molecule has 0 aromatic carbocycles. The lowest BCUT2D eigenvalue weighted by Gasteiger charge is -2.12. The van der Waals surface area contributed by atoms with Crippen LogP contribution in [0.25, 0.3) is 0 Å². The van der Waals surface area contributed by atoms with Crippen molar-refractivity contribution < 1.29 is 0 Å². The molecule has 14 heavy (non-hydrogen) atoms. The third-order valence-corrected chi connectivity index (χ3v) is 3.49. The summed E-state index contributed by atoms with van der Waals surface area (Å²) in [6, 6.07) is 0. The Kier molecular flexibility index (Phi) is 10.1. The molecule has 0 saturated carbocycles. The summed E-state index contributed by atoms with van der Waals surface area (Å²) in [5.74, 6) is 4.31. The van der Waals surface area contributed by atoms with Crippen LogP contribution in [0.1, 0.15) is 40.5 Å². The lowest BCUT2D eigenvalue weighted by Crippen LogP contribution is -2.23. The summed E-state index contributed by atoms with van der Waals surface area (Å²) in [6.07, 6.45) is 2.60. The predicted molar refractivity (Wildman–Crippen MR) is 69.1 cm³/mol. The monoisotopic (exact) mass is 217 g/mol. The van der Waals surface area contributed by atoms with Gasteiger partial charge in [0.05, 0.1) is 0 Å². The normalized spacial score (nSPS) is 13.5. The fourth-order valence-electron chi connectivity index (χ4n) is 1.19. The van der Waals surface area contributed by atoms with E-state index >= 15 is 0 Å². The van der Waals surface area contributed by atoms with Gasteiger partial charge in [-0.2, -0.15) is 11.8 Å². The molecule has 2 heteroatoms. The number of thioether (sulfide) groups is 1. The molecule has 0 saturated heterocycles. The van der Waals surface area contributed by atoms with Gasteiger partial charge in [-0.1, -0.05) is 27.7 Å². The van der Waals surface area contributed by atoms with Crippen LogP contribution < -0.4 is 5.32 Å². The summed E-state index contributed by atoms with van der Waals surface area (Å²) in [4.78, 5) is 0. The van der Waals surface area contributed by atoms with Crippen molar-refractivity contribution in [3.8, 4) is 0 Å². The van der Waals surface area contributed by atoms with Crippen molar-refractivity contribution in [2.24, 2.45) is 11.8 Å². The Hall–Kier alpha value is 0.310. The van der Waals surface area contributed by atoms with Gasteiger partial charge in [-0.3, -0.25) is 0 Å². The molecule has 0 fully saturated rings. The van der Waals surface area contributed by atoms with E-state index in [0.717, 1.165) is 11.8 Å². The second-order valence-electron chi connectivity index (χ2n) is 4.57. The van der Waals surface area contributed by atoms with E-state index in [1.807, 2.05) is 0 Å². The maximum Gasteiger partial charge on any atom is -0.00153 e. The van der Waals surface area contributed by atoms with Crippen LogP contribution >= 0.6 is 11.8 Å². The molecule has 1 atom stereocenters. The molecule has 1 nitrogen and oxygen atoms in total. The summed E-state index contributed by atoms with van der Waals surface area (Å²) in [5.41, 5.74) is 0. The SMILES string of the molecule is CCCNCC(C)CSCCC(C)C. The lowest BCUT2D eigenvalue weighted by molar-refractivity contribution is 0.556. The van der Waals surface area contributed by atoms with Crippen LogP contribution in [0.3, 0.4) is 0 Å². The topological polar surface area (TPSA) is 12.0 Å². The van der Waals surface area contributed by atoms with Gasteiger partial charge in [0.15, 0.2) is 0 Å². The number of nitrogens with one attached hydrogen (secondary N) is 1. The molecule has 0 amide bonds. The van der Waals surface area contributed by atoms with Gasteiger partial charge in [-0.05, 0) is 49.3 Å². The summed E-state index contributed by atoms with van der Waals surface area (Å²) in [5, 5.41) is 3.47. The predicted octanol–water partition coefficient (Wildman–Crippen LogP) is 3.40. The largest absolute Gasteiger partial charge is 0.316 e. The second kappa shape index (κ2) is 9.85. The molecule has 1 N–H and O–H groups in total. The Morgan fingerprint density at radius 3 is 2.50 bits per heavy atom. The molecular formula is C12H27NS. The van der Waals surface area contributed by atoms with Crippen LogP contribution in [-0.4, -0.2) is 24.6 Å². The fraction of sp³-hybridized carbons (Fsp3) is 1.00. The third-order valence-electron chi connectivity index (χ3n) is 2.16. The van der Waals surface area contributed by atoms with Crippen LogP contribution in [0.2, 0.25) is 0 Å².